The van der Waals surface area contributed by atoms with Crippen LogP contribution < -0.4 is 11.2 Å². The third-order valence-corrected chi connectivity index (χ3v) is 2.09. The van der Waals surface area contributed by atoms with Crippen LogP contribution in [0.5, 0.6) is 0 Å². The second-order valence-electron chi connectivity index (χ2n) is 2.74. The maximum atomic E-state index is 11.2. The Morgan fingerprint density at radius 3 is 2.50 bits per heavy atom. The molecule has 1 aromatic rings. The SMILES string of the molecule is CCc1c(C)n(C)c(=O)[nH]c1=O. The summed E-state index contributed by atoms with van der Waals surface area (Å²) in [6.07, 6.45) is 0.648. The highest BCUT2D eigenvalue weighted by Gasteiger charge is 2.05. The molecular weight excluding hydrogens is 156 g/mol. The van der Waals surface area contributed by atoms with Gasteiger partial charge in [0, 0.05) is 18.3 Å². The maximum Gasteiger partial charge on any atom is 0.328 e. The fraction of sp³-hybridized carbons (Fsp3) is 0.500. The Morgan fingerprint density at radius 2 is 2.00 bits per heavy atom. The van der Waals surface area contributed by atoms with Crippen LogP contribution in [-0.4, -0.2) is 9.55 Å². The zero-order valence-electron chi connectivity index (χ0n) is 7.47. The number of H-pyrrole nitrogens is 1. The van der Waals surface area contributed by atoms with E-state index in [0.717, 1.165) is 5.69 Å². The number of nitrogens with zero attached hydrogens (tertiary/aromatic N) is 1. The van der Waals surface area contributed by atoms with E-state index in [4.69, 9.17) is 0 Å². The van der Waals surface area contributed by atoms with E-state index in [2.05, 4.69) is 4.98 Å². The summed E-state index contributed by atoms with van der Waals surface area (Å²) in [5.74, 6) is 0. The van der Waals surface area contributed by atoms with E-state index >= 15 is 0 Å². The van der Waals surface area contributed by atoms with Crippen molar-refractivity contribution in [2.75, 3.05) is 0 Å². The highest BCUT2D eigenvalue weighted by Crippen LogP contribution is 1.97. The van der Waals surface area contributed by atoms with E-state index in [1.54, 1.807) is 14.0 Å². The Morgan fingerprint density at radius 1 is 1.42 bits per heavy atom. The summed E-state index contributed by atoms with van der Waals surface area (Å²) in [6, 6.07) is 0. The molecule has 0 unspecified atom stereocenters. The van der Waals surface area contributed by atoms with Crippen LogP contribution in [0.15, 0.2) is 9.59 Å². The Balaban J connectivity index is 3.63. The average Bonchev–Trinajstić information content (AvgIpc) is 2.01. The zero-order valence-corrected chi connectivity index (χ0v) is 7.47. The first-order valence-corrected chi connectivity index (χ1v) is 3.86. The first kappa shape index (κ1) is 8.77. The molecule has 66 valence electrons. The molecule has 0 spiro atoms. The smallest absolute Gasteiger partial charge is 0.301 e. The minimum Gasteiger partial charge on any atom is -0.301 e. The third kappa shape index (κ3) is 1.20. The fourth-order valence-corrected chi connectivity index (χ4v) is 1.19. The van der Waals surface area contributed by atoms with Crippen molar-refractivity contribution in [1.29, 1.82) is 0 Å². The second kappa shape index (κ2) is 2.97. The lowest BCUT2D eigenvalue weighted by Crippen LogP contribution is -2.32. The lowest BCUT2D eigenvalue weighted by atomic mass is 10.2. The number of hydrogen-bond acceptors (Lipinski definition) is 2. The molecule has 0 saturated carbocycles. The number of aromatic amines is 1. The molecule has 0 fully saturated rings. The van der Waals surface area contributed by atoms with Gasteiger partial charge in [-0.25, -0.2) is 4.79 Å². The molecule has 0 aromatic carbocycles. The van der Waals surface area contributed by atoms with E-state index in [9.17, 15) is 9.59 Å². The van der Waals surface area contributed by atoms with Gasteiger partial charge >= 0.3 is 5.69 Å². The molecule has 0 atom stereocenters. The summed E-state index contributed by atoms with van der Waals surface area (Å²) in [7, 11) is 1.65. The molecule has 0 amide bonds. The summed E-state index contributed by atoms with van der Waals surface area (Å²) < 4.78 is 1.44. The van der Waals surface area contributed by atoms with Gasteiger partial charge in [0.15, 0.2) is 0 Å². The zero-order chi connectivity index (χ0) is 9.30. The summed E-state index contributed by atoms with van der Waals surface area (Å²) in [4.78, 5) is 24.5. The van der Waals surface area contributed by atoms with Crippen LogP contribution in [0.3, 0.4) is 0 Å². The average molecular weight is 168 g/mol. The van der Waals surface area contributed by atoms with Crippen molar-refractivity contribution in [1.82, 2.24) is 9.55 Å². The third-order valence-electron chi connectivity index (χ3n) is 2.09. The molecule has 0 saturated heterocycles. The van der Waals surface area contributed by atoms with E-state index in [1.165, 1.54) is 4.57 Å². The molecule has 0 bridgehead atoms. The van der Waals surface area contributed by atoms with E-state index in [-0.39, 0.29) is 11.2 Å². The van der Waals surface area contributed by atoms with E-state index < -0.39 is 0 Å². The molecule has 1 N–H and O–H groups in total. The van der Waals surface area contributed by atoms with Crippen LogP contribution in [0.25, 0.3) is 0 Å². The topological polar surface area (TPSA) is 54.9 Å². The van der Waals surface area contributed by atoms with Gasteiger partial charge in [-0.2, -0.15) is 0 Å². The molecule has 4 heteroatoms. The number of rotatable bonds is 1. The fourth-order valence-electron chi connectivity index (χ4n) is 1.19. The Bertz CT molecular complexity index is 400. The van der Waals surface area contributed by atoms with Crippen LogP contribution in [-0.2, 0) is 13.5 Å². The molecule has 0 radical (unpaired) electrons. The lowest BCUT2D eigenvalue weighted by molar-refractivity contribution is 0.742. The molecule has 12 heavy (non-hydrogen) atoms. The Kier molecular flexibility index (Phi) is 2.17. The minimum absolute atomic E-state index is 0.266. The highest BCUT2D eigenvalue weighted by atomic mass is 16.2. The second-order valence-corrected chi connectivity index (χ2v) is 2.74. The maximum absolute atomic E-state index is 11.2. The molecule has 1 aromatic heterocycles. The Hall–Kier alpha value is -1.32. The first-order valence-electron chi connectivity index (χ1n) is 3.86. The predicted octanol–water partition coefficient (Wildman–Crippen LogP) is -0.0556. The van der Waals surface area contributed by atoms with Crippen molar-refractivity contribution in [3.8, 4) is 0 Å². The molecule has 4 nitrogen and oxygen atoms in total. The van der Waals surface area contributed by atoms with Crippen molar-refractivity contribution in [3.63, 3.8) is 0 Å². The summed E-state index contributed by atoms with van der Waals surface area (Å²) in [5.41, 5.74) is 0.802. The number of hydrogen-bond donors (Lipinski definition) is 1. The van der Waals surface area contributed by atoms with Gasteiger partial charge in [0.05, 0.1) is 0 Å². The summed E-state index contributed by atoms with van der Waals surface area (Å²) >= 11 is 0. The van der Waals surface area contributed by atoms with E-state index in [1.807, 2.05) is 6.92 Å². The number of aromatic nitrogens is 2. The lowest BCUT2D eigenvalue weighted by Gasteiger charge is -2.05. The van der Waals surface area contributed by atoms with Crippen molar-refractivity contribution >= 4 is 0 Å². The van der Waals surface area contributed by atoms with Gasteiger partial charge in [-0.1, -0.05) is 6.92 Å². The van der Waals surface area contributed by atoms with Crippen molar-refractivity contribution in [2.45, 2.75) is 20.3 Å². The van der Waals surface area contributed by atoms with Gasteiger partial charge in [-0.05, 0) is 13.3 Å². The Labute approximate surface area is 69.9 Å². The first-order chi connectivity index (χ1) is 5.57. The van der Waals surface area contributed by atoms with Gasteiger partial charge in [0.1, 0.15) is 0 Å². The van der Waals surface area contributed by atoms with Gasteiger partial charge in [-0.15, -0.1) is 0 Å². The van der Waals surface area contributed by atoms with Gasteiger partial charge in [-0.3, -0.25) is 9.78 Å². The monoisotopic (exact) mass is 168 g/mol. The predicted molar refractivity (Wildman–Crippen MR) is 46.4 cm³/mol. The van der Waals surface area contributed by atoms with Crippen molar-refractivity contribution < 1.29 is 0 Å². The van der Waals surface area contributed by atoms with Crippen LogP contribution >= 0.6 is 0 Å². The molecular formula is C8H12N2O2. The van der Waals surface area contributed by atoms with Gasteiger partial charge in [0.25, 0.3) is 5.56 Å². The van der Waals surface area contributed by atoms with Crippen LogP contribution in [0.4, 0.5) is 0 Å². The highest BCUT2D eigenvalue weighted by molar-refractivity contribution is 5.15. The van der Waals surface area contributed by atoms with Crippen LogP contribution in [0, 0.1) is 6.92 Å². The van der Waals surface area contributed by atoms with E-state index in [0.29, 0.717) is 12.0 Å². The van der Waals surface area contributed by atoms with Gasteiger partial charge < -0.3 is 4.57 Å². The number of nitrogens with one attached hydrogen (secondary N) is 1. The van der Waals surface area contributed by atoms with Crippen LogP contribution in [0.1, 0.15) is 18.2 Å². The summed E-state index contributed by atoms with van der Waals surface area (Å²) in [6.45, 7) is 3.66. The van der Waals surface area contributed by atoms with Crippen LogP contribution in [0.2, 0.25) is 0 Å². The molecule has 1 heterocycles. The summed E-state index contributed by atoms with van der Waals surface area (Å²) in [5, 5.41) is 0. The molecule has 0 aliphatic carbocycles. The van der Waals surface area contributed by atoms with Crippen molar-refractivity contribution in [3.05, 3.63) is 32.1 Å². The largest absolute Gasteiger partial charge is 0.328 e. The minimum atomic E-state index is -0.352. The van der Waals surface area contributed by atoms with Gasteiger partial charge in [0.2, 0.25) is 0 Å². The molecule has 0 aliphatic heterocycles. The van der Waals surface area contributed by atoms with Crippen molar-refractivity contribution in [2.24, 2.45) is 7.05 Å². The molecule has 0 aliphatic rings. The normalized spacial score (nSPS) is 10.2. The quantitative estimate of drug-likeness (QED) is 0.639. The molecule has 1 rings (SSSR count). The standard InChI is InChI=1S/C8H12N2O2/c1-4-6-5(2)10(3)8(12)9-7(6)11/h4H2,1-3H3,(H,9,11,12).